The van der Waals surface area contributed by atoms with Gasteiger partial charge in [0.2, 0.25) is 0 Å². The summed E-state index contributed by atoms with van der Waals surface area (Å²) in [5.41, 5.74) is 1.02. The van der Waals surface area contributed by atoms with Crippen molar-refractivity contribution >= 4 is 37.8 Å². The van der Waals surface area contributed by atoms with Crippen LogP contribution in [0.4, 0.5) is 0 Å². The van der Waals surface area contributed by atoms with Crippen molar-refractivity contribution in [1.29, 1.82) is 0 Å². The molecule has 2 aromatic carbocycles. The summed E-state index contributed by atoms with van der Waals surface area (Å²) < 4.78 is 0.506. The second-order valence-corrected chi connectivity index (χ2v) is 5.73. The van der Waals surface area contributed by atoms with Crippen molar-refractivity contribution < 1.29 is 20.1 Å². The topological polar surface area (TPSA) is 77.8 Å². The van der Waals surface area contributed by atoms with Crippen LogP contribution in [0, 0.1) is 0 Å². The molecule has 0 heterocycles. The molecule has 4 nitrogen and oxygen atoms in total. The highest BCUT2D eigenvalue weighted by atomic mass is 79.9. The number of hydrogen-bond acceptors (Lipinski definition) is 3. The maximum absolute atomic E-state index is 11.1. The Morgan fingerprint density at radius 1 is 1.00 bits per heavy atom. The average Bonchev–Trinajstić information content (AvgIpc) is 2.42. The van der Waals surface area contributed by atoms with Crippen molar-refractivity contribution in [2.24, 2.45) is 0 Å². The molecule has 104 valence electrons. The second kappa shape index (κ2) is 5.85. The van der Waals surface area contributed by atoms with Gasteiger partial charge in [0.25, 0.3) is 0 Å². The molecule has 2 rings (SSSR count). The summed E-state index contributed by atoms with van der Waals surface area (Å²) in [5.74, 6) is -2.36. The third-order valence-corrected chi connectivity index (χ3v) is 4.57. The molecule has 0 radical (unpaired) electrons. The van der Waals surface area contributed by atoms with Crippen LogP contribution in [-0.2, 0) is 6.42 Å². The largest absolute Gasteiger partial charge is 0.506 e. The smallest absolute Gasteiger partial charge is 0.343 e. The maximum Gasteiger partial charge on any atom is 0.343 e. The Morgan fingerprint density at radius 2 is 1.50 bits per heavy atom. The molecule has 0 bridgehead atoms. The van der Waals surface area contributed by atoms with Crippen LogP contribution >= 0.6 is 31.9 Å². The van der Waals surface area contributed by atoms with E-state index in [2.05, 4.69) is 31.9 Å². The van der Waals surface area contributed by atoms with E-state index in [1.165, 1.54) is 0 Å². The fourth-order valence-corrected chi connectivity index (χ4v) is 3.21. The van der Waals surface area contributed by atoms with Crippen molar-refractivity contribution in [1.82, 2.24) is 0 Å². The Bertz CT molecular complexity index is 640. The molecule has 0 aliphatic rings. The monoisotopic (exact) mass is 400 g/mol. The van der Waals surface area contributed by atoms with Crippen LogP contribution < -0.4 is 0 Å². The zero-order valence-corrected chi connectivity index (χ0v) is 13.3. The summed E-state index contributed by atoms with van der Waals surface area (Å²) in [6, 6.07) is 9.44. The number of carboxylic acid groups (broad SMARTS) is 1. The van der Waals surface area contributed by atoms with Crippen molar-refractivity contribution in [3.63, 3.8) is 0 Å². The first kappa shape index (κ1) is 14.9. The standard InChI is InChI=1S/C14H10Br2O4/c15-10-8(6-7-4-2-1-3-5-7)11(16)13(18)9(12(10)17)14(19)20/h1-5,17-18H,6H2,(H,19,20). The average molecular weight is 402 g/mol. The van der Waals surface area contributed by atoms with Crippen LogP contribution in [0.1, 0.15) is 21.5 Å². The third-order valence-electron chi connectivity index (χ3n) is 2.86. The van der Waals surface area contributed by atoms with Gasteiger partial charge in [-0.1, -0.05) is 30.3 Å². The van der Waals surface area contributed by atoms with E-state index in [0.717, 1.165) is 5.56 Å². The van der Waals surface area contributed by atoms with Gasteiger partial charge in [0, 0.05) is 0 Å². The normalized spacial score (nSPS) is 10.5. The first-order chi connectivity index (χ1) is 9.43. The Labute approximate surface area is 131 Å². The Kier molecular flexibility index (Phi) is 4.35. The first-order valence-electron chi connectivity index (χ1n) is 5.62. The molecule has 0 atom stereocenters. The van der Waals surface area contributed by atoms with Gasteiger partial charge >= 0.3 is 5.97 Å². The summed E-state index contributed by atoms with van der Waals surface area (Å²) >= 11 is 6.37. The number of rotatable bonds is 3. The van der Waals surface area contributed by atoms with E-state index in [1.54, 1.807) is 0 Å². The minimum absolute atomic E-state index is 0.253. The molecule has 0 amide bonds. The van der Waals surface area contributed by atoms with Crippen LogP contribution in [0.2, 0.25) is 0 Å². The van der Waals surface area contributed by atoms with E-state index in [-0.39, 0.29) is 8.95 Å². The lowest BCUT2D eigenvalue weighted by molar-refractivity contribution is 0.0690. The molecular weight excluding hydrogens is 392 g/mol. The van der Waals surface area contributed by atoms with Crippen LogP contribution in [0.3, 0.4) is 0 Å². The molecular formula is C14H10Br2O4. The Balaban J connectivity index is 2.58. The summed E-state index contributed by atoms with van der Waals surface area (Å²) in [7, 11) is 0. The zero-order valence-electron chi connectivity index (χ0n) is 10.1. The summed E-state index contributed by atoms with van der Waals surface area (Å²) in [5, 5.41) is 28.9. The van der Waals surface area contributed by atoms with Gasteiger partial charge in [-0.2, -0.15) is 0 Å². The van der Waals surface area contributed by atoms with Gasteiger partial charge in [0.15, 0.2) is 0 Å². The van der Waals surface area contributed by atoms with Crippen LogP contribution in [-0.4, -0.2) is 21.3 Å². The predicted molar refractivity (Wildman–Crippen MR) is 81.4 cm³/mol. The Hall–Kier alpha value is -1.53. The summed E-state index contributed by atoms with van der Waals surface area (Å²) in [6.07, 6.45) is 0.434. The van der Waals surface area contributed by atoms with E-state index in [1.807, 2.05) is 30.3 Å². The third kappa shape index (κ3) is 2.66. The molecule has 0 unspecified atom stereocenters. The van der Waals surface area contributed by atoms with Crippen molar-refractivity contribution in [3.05, 3.63) is 56.0 Å². The van der Waals surface area contributed by atoms with Gasteiger partial charge in [0.1, 0.15) is 17.1 Å². The molecule has 0 aliphatic heterocycles. The molecule has 20 heavy (non-hydrogen) atoms. The van der Waals surface area contributed by atoms with E-state index in [4.69, 9.17) is 5.11 Å². The molecule has 3 N–H and O–H groups in total. The number of aromatic hydroxyl groups is 2. The van der Waals surface area contributed by atoms with Crippen LogP contribution in [0.25, 0.3) is 0 Å². The van der Waals surface area contributed by atoms with Crippen molar-refractivity contribution in [3.8, 4) is 11.5 Å². The fourth-order valence-electron chi connectivity index (χ4n) is 1.87. The number of phenols is 2. The molecule has 2 aromatic rings. The van der Waals surface area contributed by atoms with Gasteiger partial charge in [0.05, 0.1) is 8.95 Å². The number of hydrogen-bond donors (Lipinski definition) is 3. The highest BCUT2D eigenvalue weighted by Crippen LogP contribution is 2.44. The van der Waals surface area contributed by atoms with E-state index < -0.39 is 23.0 Å². The summed E-state index contributed by atoms with van der Waals surface area (Å²) in [4.78, 5) is 11.1. The lowest BCUT2D eigenvalue weighted by atomic mass is 10.0. The lowest BCUT2D eigenvalue weighted by Crippen LogP contribution is -2.02. The van der Waals surface area contributed by atoms with Crippen LogP contribution in [0.15, 0.2) is 39.3 Å². The highest BCUT2D eigenvalue weighted by molar-refractivity contribution is 9.11. The molecule has 0 aromatic heterocycles. The zero-order chi connectivity index (χ0) is 14.9. The first-order valence-corrected chi connectivity index (χ1v) is 7.21. The highest BCUT2D eigenvalue weighted by Gasteiger charge is 2.25. The number of halogens is 2. The van der Waals surface area contributed by atoms with Gasteiger partial charge in [-0.15, -0.1) is 0 Å². The molecule has 0 spiro atoms. The quantitative estimate of drug-likeness (QED) is 0.728. The lowest BCUT2D eigenvalue weighted by Gasteiger charge is -2.14. The fraction of sp³-hybridized carbons (Fsp3) is 0.0714. The number of carboxylic acids is 1. The second-order valence-electron chi connectivity index (χ2n) is 4.15. The maximum atomic E-state index is 11.1. The van der Waals surface area contributed by atoms with Gasteiger partial charge < -0.3 is 15.3 Å². The molecule has 0 saturated heterocycles. The van der Waals surface area contributed by atoms with Gasteiger partial charge in [-0.25, -0.2) is 4.79 Å². The van der Waals surface area contributed by atoms with Gasteiger partial charge in [-0.3, -0.25) is 0 Å². The predicted octanol–water partition coefficient (Wildman–Crippen LogP) is 3.91. The number of aromatic carboxylic acids is 1. The van der Waals surface area contributed by atoms with E-state index in [9.17, 15) is 15.0 Å². The number of benzene rings is 2. The minimum Gasteiger partial charge on any atom is -0.506 e. The minimum atomic E-state index is -1.40. The van der Waals surface area contributed by atoms with Gasteiger partial charge in [-0.05, 0) is 49.4 Å². The van der Waals surface area contributed by atoms with Crippen molar-refractivity contribution in [2.45, 2.75) is 6.42 Å². The van der Waals surface area contributed by atoms with E-state index >= 15 is 0 Å². The molecule has 0 saturated carbocycles. The number of carbonyl (C=O) groups is 1. The van der Waals surface area contributed by atoms with E-state index in [0.29, 0.717) is 12.0 Å². The van der Waals surface area contributed by atoms with Crippen LogP contribution in [0.5, 0.6) is 11.5 Å². The molecule has 6 heteroatoms. The summed E-state index contributed by atoms with van der Waals surface area (Å²) in [6.45, 7) is 0. The SMILES string of the molecule is O=C(O)c1c(O)c(Br)c(Cc2ccccc2)c(Br)c1O. The molecule has 0 aliphatic carbocycles. The van der Waals surface area contributed by atoms with Crippen molar-refractivity contribution in [2.75, 3.05) is 0 Å². The molecule has 0 fully saturated rings. The Morgan fingerprint density at radius 3 is 1.95 bits per heavy atom.